The molecule has 0 spiro atoms. The lowest BCUT2D eigenvalue weighted by molar-refractivity contribution is 0.119. The molecule has 1 aromatic carbocycles. The van der Waals surface area contributed by atoms with Crippen molar-refractivity contribution in [2.24, 2.45) is 5.73 Å². The number of halogens is 1. The molecule has 0 saturated carbocycles. The molecule has 0 radical (unpaired) electrons. The van der Waals surface area contributed by atoms with E-state index in [1.165, 1.54) is 0 Å². The Morgan fingerprint density at radius 1 is 1.35 bits per heavy atom. The lowest BCUT2D eigenvalue weighted by Crippen LogP contribution is -2.18. The molecule has 0 fully saturated rings. The Morgan fingerprint density at radius 3 is 2.80 bits per heavy atom. The summed E-state index contributed by atoms with van der Waals surface area (Å²) in [6, 6.07) is 7.16. The van der Waals surface area contributed by atoms with Gasteiger partial charge in [0, 0.05) is 11.6 Å². The zero-order chi connectivity index (χ0) is 14.4. The zero-order valence-corrected chi connectivity index (χ0v) is 12.1. The fourth-order valence-corrected chi connectivity index (χ4v) is 1.82. The van der Waals surface area contributed by atoms with E-state index in [4.69, 9.17) is 26.6 Å². The first-order valence-corrected chi connectivity index (χ1v) is 6.97. The average molecular weight is 296 g/mol. The van der Waals surface area contributed by atoms with Gasteiger partial charge in [-0.1, -0.05) is 35.8 Å². The summed E-state index contributed by atoms with van der Waals surface area (Å²) in [7, 11) is 0. The lowest BCUT2D eigenvalue weighted by Gasteiger charge is -2.06. The van der Waals surface area contributed by atoms with Gasteiger partial charge in [-0.3, -0.25) is 0 Å². The van der Waals surface area contributed by atoms with Crippen molar-refractivity contribution in [3.63, 3.8) is 0 Å². The van der Waals surface area contributed by atoms with E-state index >= 15 is 0 Å². The number of hydrogen-bond donors (Lipinski definition) is 1. The average Bonchev–Trinajstić information content (AvgIpc) is 2.90. The summed E-state index contributed by atoms with van der Waals surface area (Å²) in [5.74, 6) is 1.01. The topological polar surface area (TPSA) is 74.2 Å². The third-order valence-electron chi connectivity index (χ3n) is 2.73. The maximum absolute atomic E-state index is 5.93. The van der Waals surface area contributed by atoms with Crippen LogP contribution in [-0.2, 0) is 11.2 Å². The van der Waals surface area contributed by atoms with Gasteiger partial charge in [-0.25, -0.2) is 0 Å². The second kappa shape index (κ2) is 7.38. The molecular weight excluding hydrogens is 278 g/mol. The lowest BCUT2D eigenvalue weighted by atomic mass is 10.1. The van der Waals surface area contributed by atoms with E-state index in [1.54, 1.807) is 0 Å². The van der Waals surface area contributed by atoms with Gasteiger partial charge in [0.2, 0.25) is 5.89 Å². The van der Waals surface area contributed by atoms with E-state index in [-0.39, 0.29) is 6.04 Å². The number of ether oxygens (including phenoxy) is 1. The van der Waals surface area contributed by atoms with Gasteiger partial charge in [-0.2, -0.15) is 4.98 Å². The second-order valence-electron chi connectivity index (χ2n) is 4.53. The fraction of sp³-hybridized carbons (Fsp3) is 0.429. The molecule has 6 heteroatoms. The highest BCUT2D eigenvalue weighted by atomic mass is 35.5. The summed E-state index contributed by atoms with van der Waals surface area (Å²) in [6.45, 7) is 3.13. The summed E-state index contributed by atoms with van der Waals surface area (Å²) >= 11 is 5.84. The molecule has 108 valence electrons. The molecule has 2 rings (SSSR count). The van der Waals surface area contributed by atoms with Crippen molar-refractivity contribution >= 4 is 11.6 Å². The molecule has 0 saturated heterocycles. The molecule has 2 aromatic rings. The summed E-state index contributed by atoms with van der Waals surface area (Å²) in [6.07, 6.45) is 1.52. The van der Waals surface area contributed by atoms with E-state index in [9.17, 15) is 0 Å². The van der Waals surface area contributed by atoms with Gasteiger partial charge < -0.3 is 15.0 Å². The summed E-state index contributed by atoms with van der Waals surface area (Å²) in [4.78, 5) is 4.29. The van der Waals surface area contributed by atoms with Gasteiger partial charge in [0.05, 0.1) is 19.1 Å². The summed E-state index contributed by atoms with van der Waals surface area (Å²) in [5.41, 5.74) is 6.99. The smallest absolute Gasteiger partial charge is 0.231 e. The van der Waals surface area contributed by atoms with E-state index in [0.717, 1.165) is 12.0 Å². The van der Waals surface area contributed by atoms with Crippen LogP contribution in [0.3, 0.4) is 0 Å². The molecule has 2 N–H and O–H groups in total. The van der Waals surface area contributed by atoms with Crippen molar-refractivity contribution in [2.45, 2.75) is 25.8 Å². The second-order valence-corrected chi connectivity index (χ2v) is 4.97. The molecule has 0 aliphatic carbocycles. The molecule has 1 atom stereocenters. The van der Waals surface area contributed by atoms with E-state index in [2.05, 4.69) is 10.1 Å². The number of nitrogens with two attached hydrogens (primary N) is 1. The predicted octanol–water partition coefficient (Wildman–Crippen LogP) is 2.74. The fourth-order valence-electron chi connectivity index (χ4n) is 1.70. The Morgan fingerprint density at radius 2 is 2.10 bits per heavy atom. The molecule has 5 nitrogen and oxygen atoms in total. The normalized spacial score (nSPS) is 12.6. The van der Waals surface area contributed by atoms with Crippen molar-refractivity contribution in [3.05, 3.63) is 46.6 Å². The minimum absolute atomic E-state index is 0.357. The third kappa shape index (κ3) is 4.30. The third-order valence-corrected chi connectivity index (χ3v) is 2.98. The Bertz CT molecular complexity index is 527. The Kier molecular flexibility index (Phi) is 5.52. The van der Waals surface area contributed by atoms with Crippen LogP contribution in [0.5, 0.6) is 0 Å². The molecule has 1 aromatic heterocycles. The van der Waals surface area contributed by atoms with Crippen molar-refractivity contribution in [3.8, 4) is 0 Å². The minimum Gasteiger partial charge on any atom is -0.379 e. The summed E-state index contributed by atoms with van der Waals surface area (Å²) < 4.78 is 10.6. The van der Waals surface area contributed by atoms with Gasteiger partial charge in [-0.15, -0.1) is 0 Å². The van der Waals surface area contributed by atoms with Crippen LogP contribution in [0.2, 0.25) is 5.02 Å². The van der Waals surface area contributed by atoms with Crippen LogP contribution in [0.25, 0.3) is 0 Å². The SMILES string of the molecule is CCCOCC(N)c1noc(Cc2ccc(Cl)cc2)n1. The largest absolute Gasteiger partial charge is 0.379 e. The van der Waals surface area contributed by atoms with Gasteiger partial charge in [0.25, 0.3) is 0 Å². The summed E-state index contributed by atoms with van der Waals surface area (Å²) in [5, 5.41) is 4.60. The Hall–Kier alpha value is -1.43. The Labute approximate surface area is 123 Å². The molecule has 20 heavy (non-hydrogen) atoms. The number of hydrogen-bond acceptors (Lipinski definition) is 5. The first-order chi connectivity index (χ1) is 9.69. The molecule has 1 heterocycles. The van der Waals surface area contributed by atoms with E-state index < -0.39 is 0 Å². The standard InChI is InChI=1S/C14H18ClN3O2/c1-2-7-19-9-12(16)14-17-13(20-18-14)8-10-3-5-11(15)6-4-10/h3-6,12H,2,7-9,16H2,1H3. The maximum Gasteiger partial charge on any atom is 0.231 e. The van der Waals surface area contributed by atoms with Crippen LogP contribution < -0.4 is 5.73 Å². The van der Waals surface area contributed by atoms with Gasteiger partial charge in [0.1, 0.15) is 0 Å². The van der Waals surface area contributed by atoms with Crippen LogP contribution in [0, 0.1) is 0 Å². The quantitative estimate of drug-likeness (QED) is 0.795. The van der Waals surface area contributed by atoms with Crippen molar-refractivity contribution in [1.29, 1.82) is 0 Å². The predicted molar refractivity (Wildman–Crippen MR) is 76.6 cm³/mol. The maximum atomic E-state index is 5.93. The van der Waals surface area contributed by atoms with Crippen LogP contribution in [0.15, 0.2) is 28.8 Å². The van der Waals surface area contributed by atoms with Crippen LogP contribution in [0.1, 0.15) is 36.7 Å². The molecule has 0 amide bonds. The first-order valence-electron chi connectivity index (χ1n) is 6.59. The van der Waals surface area contributed by atoms with E-state index in [0.29, 0.717) is 36.4 Å². The first kappa shape index (κ1) is 15.0. The highest BCUT2D eigenvalue weighted by molar-refractivity contribution is 6.30. The van der Waals surface area contributed by atoms with Gasteiger partial charge in [0.15, 0.2) is 5.82 Å². The van der Waals surface area contributed by atoms with E-state index in [1.807, 2.05) is 31.2 Å². The van der Waals surface area contributed by atoms with Gasteiger partial charge in [-0.05, 0) is 24.1 Å². The molecule has 0 bridgehead atoms. The number of aromatic nitrogens is 2. The van der Waals surface area contributed by atoms with Crippen molar-refractivity contribution < 1.29 is 9.26 Å². The van der Waals surface area contributed by atoms with Crippen LogP contribution in [0.4, 0.5) is 0 Å². The van der Waals surface area contributed by atoms with Gasteiger partial charge >= 0.3 is 0 Å². The minimum atomic E-state index is -0.357. The van der Waals surface area contributed by atoms with Crippen molar-refractivity contribution in [1.82, 2.24) is 10.1 Å². The van der Waals surface area contributed by atoms with Crippen molar-refractivity contribution in [2.75, 3.05) is 13.2 Å². The number of nitrogens with zero attached hydrogens (tertiary/aromatic N) is 2. The Balaban J connectivity index is 1.93. The zero-order valence-electron chi connectivity index (χ0n) is 11.4. The molecule has 1 unspecified atom stereocenters. The molecular formula is C14H18ClN3O2. The molecule has 0 aliphatic heterocycles. The highest BCUT2D eigenvalue weighted by Crippen LogP contribution is 2.14. The van der Waals surface area contributed by atoms with Crippen LogP contribution >= 0.6 is 11.6 Å². The molecule has 0 aliphatic rings. The highest BCUT2D eigenvalue weighted by Gasteiger charge is 2.14. The van der Waals surface area contributed by atoms with Crippen LogP contribution in [-0.4, -0.2) is 23.4 Å². The monoisotopic (exact) mass is 295 g/mol. The number of benzene rings is 1. The number of rotatable bonds is 7.